The molecule has 2 aromatic rings. The monoisotopic (exact) mass is 284 g/mol. The highest BCUT2D eigenvalue weighted by Crippen LogP contribution is 2.18. The molecule has 1 unspecified atom stereocenters. The van der Waals surface area contributed by atoms with Gasteiger partial charge in [-0.2, -0.15) is 10.2 Å². The lowest BCUT2D eigenvalue weighted by Gasteiger charge is -2.13. The molecule has 0 saturated carbocycles. The predicted octanol–water partition coefficient (Wildman–Crippen LogP) is 2.63. The van der Waals surface area contributed by atoms with Crippen molar-refractivity contribution in [1.29, 1.82) is 0 Å². The quantitative estimate of drug-likeness (QED) is 0.905. The molecule has 110 valence electrons. The first-order valence-electron chi connectivity index (χ1n) is 6.90. The van der Waals surface area contributed by atoms with E-state index in [1.165, 1.54) is 0 Å². The highest BCUT2D eigenvalue weighted by molar-refractivity contribution is 6.05. The average Bonchev–Trinajstić information content (AvgIpc) is 2.49. The number of hydrogen-bond acceptors (Lipinski definition) is 4. The molecule has 1 heterocycles. The van der Waals surface area contributed by atoms with Gasteiger partial charge in [0.15, 0.2) is 0 Å². The smallest absolute Gasteiger partial charge is 0.257 e. The van der Waals surface area contributed by atoms with E-state index < -0.39 is 0 Å². The first-order valence-corrected chi connectivity index (χ1v) is 6.90. The third-order valence-corrected chi connectivity index (χ3v) is 3.42. The van der Waals surface area contributed by atoms with Crippen LogP contribution in [0.25, 0.3) is 0 Å². The number of benzene rings is 1. The van der Waals surface area contributed by atoms with Crippen molar-refractivity contribution in [2.45, 2.75) is 26.8 Å². The van der Waals surface area contributed by atoms with Gasteiger partial charge >= 0.3 is 0 Å². The Morgan fingerprint density at radius 1 is 1.19 bits per heavy atom. The molecular weight excluding hydrogens is 264 g/mol. The van der Waals surface area contributed by atoms with Gasteiger partial charge in [-0.15, -0.1) is 0 Å². The van der Waals surface area contributed by atoms with E-state index in [0.717, 1.165) is 16.9 Å². The number of anilines is 1. The summed E-state index contributed by atoms with van der Waals surface area (Å²) in [5, 5.41) is 14.0. The van der Waals surface area contributed by atoms with E-state index in [1.807, 2.05) is 38.2 Å². The molecule has 0 spiro atoms. The number of hydrogen-bond donors (Lipinski definition) is 2. The third kappa shape index (κ3) is 3.64. The summed E-state index contributed by atoms with van der Waals surface area (Å²) < 4.78 is 0. The molecule has 0 saturated heterocycles. The molecule has 5 nitrogen and oxygen atoms in total. The van der Waals surface area contributed by atoms with Crippen molar-refractivity contribution in [3.05, 3.63) is 52.8 Å². The van der Waals surface area contributed by atoms with Gasteiger partial charge in [-0.3, -0.25) is 4.79 Å². The second kappa shape index (κ2) is 6.45. The molecule has 1 amide bonds. The minimum absolute atomic E-state index is 0.167. The summed E-state index contributed by atoms with van der Waals surface area (Å²) in [4.78, 5) is 12.3. The fourth-order valence-corrected chi connectivity index (χ4v) is 2.03. The summed E-state index contributed by atoms with van der Waals surface area (Å²) in [6.07, 6.45) is 0. The normalized spacial score (nSPS) is 12.0. The maximum absolute atomic E-state index is 12.3. The lowest BCUT2D eigenvalue weighted by atomic mass is 10.1. The van der Waals surface area contributed by atoms with Gasteiger partial charge in [0.05, 0.1) is 17.0 Å². The highest BCUT2D eigenvalue weighted by atomic mass is 16.1. The number of carbonyl (C=O) groups is 1. The molecule has 0 aliphatic rings. The van der Waals surface area contributed by atoms with Crippen molar-refractivity contribution in [1.82, 2.24) is 15.5 Å². The van der Waals surface area contributed by atoms with Crippen molar-refractivity contribution in [2.24, 2.45) is 0 Å². The number of nitrogens with one attached hydrogen (secondary N) is 2. The van der Waals surface area contributed by atoms with Crippen LogP contribution < -0.4 is 10.6 Å². The van der Waals surface area contributed by atoms with Gasteiger partial charge in [-0.1, -0.05) is 12.1 Å². The van der Waals surface area contributed by atoms with E-state index in [-0.39, 0.29) is 11.9 Å². The van der Waals surface area contributed by atoms with Crippen LogP contribution in [0.4, 0.5) is 5.69 Å². The molecule has 0 radical (unpaired) electrons. The average molecular weight is 284 g/mol. The standard InChI is InChI=1S/C16H20N4O/c1-10-8-15(12(3)20-19-10)16(21)18-14-7-5-6-13(9-14)11(2)17-4/h5-9,11,17H,1-4H3,(H,18,21). The molecule has 1 aromatic heterocycles. The molecule has 21 heavy (non-hydrogen) atoms. The fourth-order valence-electron chi connectivity index (χ4n) is 2.03. The number of nitrogens with zero attached hydrogens (tertiary/aromatic N) is 2. The molecule has 2 N–H and O–H groups in total. The van der Waals surface area contributed by atoms with Crippen LogP contribution in [-0.2, 0) is 0 Å². The van der Waals surface area contributed by atoms with Crippen molar-refractivity contribution < 1.29 is 4.79 Å². The second-order valence-electron chi connectivity index (χ2n) is 5.07. The Morgan fingerprint density at radius 2 is 1.95 bits per heavy atom. The summed E-state index contributed by atoms with van der Waals surface area (Å²) in [7, 11) is 1.91. The lowest BCUT2D eigenvalue weighted by molar-refractivity contribution is 0.102. The number of aryl methyl sites for hydroxylation is 2. The van der Waals surface area contributed by atoms with Gasteiger partial charge in [0.25, 0.3) is 5.91 Å². The summed E-state index contributed by atoms with van der Waals surface area (Å²) in [5.74, 6) is -0.167. The lowest BCUT2D eigenvalue weighted by Crippen LogP contribution is -2.16. The molecule has 5 heteroatoms. The molecule has 1 atom stereocenters. The van der Waals surface area contributed by atoms with Gasteiger partial charge in [0.1, 0.15) is 0 Å². The fraction of sp³-hybridized carbons (Fsp3) is 0.312. The van der Waals surface area contributed by atoms with Gasteiger partial charge in [-0.25, -0.2) is 0 Å². The largest absolute Gasteiger partial charge is 0.322 e. The van der Waals surface area contributed by atoms with Crippen molar-refractivity contribution in [2.75, 3.05) is 12.4 Å². The molecule has 0 aliphatic heterocycles. The van der Waals surface area contributed by atoms with E-state index in [1.54, 1.807) is 13.0 Å². The van der Waals surface area contributed by atoms with E-state index in [9.17, 15) is 4.79 Å². The third-order valence-electron chi connectivity index (χ3n) is 3.42. The predicted molar refractivity (Wildman–Crippen MR) is 83.4 cm³/mol. The van der Waals surface area contributed by atoms with Crippen LogP contribution >= 0.6 is 0 Å². The SMILES string of the molecule is CNC(C)c1cccc(NC(=O)c2cc(C)nnc2C)c1. The molecular formula is C16H20N4O. The zero-order valence-corrected chi connectivity index (χ0v) is 12.8. The van der Waals surface area contributed by atoms with Crippen LogP contribution in [0.5, 0.6) is 0 Å². The van der Waals surface area contributed by atoms with Gasteiger partial charge in [0, 0.05) is 11.7 Å². The first kappa shape index (κ1) is 15.1. The Hall–Kier alpha value is -2.27. The van der Waals surface area contributed by atoms with Crippen molar-refractivity contribution in [3.63, 3.8) is 0 Å². The van der Waals surface area contributed by atoms with E-state index in [0.29, 0.717) is 11.3 Å². The van der Waals surface area contributed by atoms with E-state index >= 15 is 0 Å². The Labute approximate surface area is 124 Å². The number of amides is 1. The summed E-state index contributed by atoms with van der Waals surface area (Å²) in [6.45, 7) is 5.67. The number of aromatic nitrogens is 2. The van der Waals surface area contributed by atoms with Crippen molar-refractivity contribution >= 4 is 11.6 Å². The van der Waals surface area contributed by atoms with Crippen LogP contribution in [0.3, 0.4) is 0 Å². The molecule has 0 bridgehead atoms. The number of rotatable bonds is 4. The zero-order chi connectivity index (χ0) is 15.4. The Bertz CT molecular complexity index is 654. The molecule has 2 rings (SSSR count). The van der Waals surface area contributed by atoms with Crippen LogP contribution in [0.1, 0.15) is 40.3 Å². The van der Waals surface area contributed by atoms with Crippen LogP contribution in [0.2, 0.25) is 0 Å². The van der Waals surface area contributed by atoms with Crippen molar-refractivity contribution in [3.8, 4) is 0 Å². The summed E-state index contributed by atoms with van der Waals surface area (Å²) in [6, 6.07) is 9.78. The van der Waals surface area contributed by atoms with E-state index in [4.69, 9.17) is 0 Å². The molecule has 0 aliphatic carbocycles. The maximum Gasteiger partial charge on any atom is 0.257 e. The minimum Gasteiger partial charge on any atom is -0.322 e. The molecule has 0 fully saturated rings. The first-order chi connectivity index (χ1) is 10.0. The van der Waals surface area contributed by atoms with Gasteiger partial charge < -0.3 is 10.6 Å². The Morgan fingerprint density at radius 3 is 2.67 bits per heavy atom. The Kier molecular flexibility index (Phi) is 4.65. The number of carbonyl (C=O) groups excluding carboxylic acids is 1. The zero-order valence-electron chi connectivity index (χ0n) is 12.8. The minimum atomic E-state index is -0.167. The van der Waals surface area contributed by atoms with Gasteiger partial charge in [0.2, 0.25) is 0 Å². The summed E-state index contributed by atoms with van der Waals surface area (Å²) in [5.41, 5.74) is 3.79. The van der Waals surface area contributed by atoms with Crippen LogP contribution in [-0.4, -0.2) is 23.2 Å². The van der Waals surface area contributed by atoms with Crippen LogP contribution in [0.15, 0.2) is 30.3 Å². The van der Waals surface area contributed by atoms with E-state index in [2.05, 4.69) is 27.8 Å². The van der Waals surface area contributed by atoms with Gasteiger partial charge in [-0.05, 0) is 51.6 Å². The topological polar surface area (TPSA) is 66.9 Å². The second-order valence-corrected chi connectivity index (χ2v) is 5.07. The van der Waals surface area contributed by atoms with Crippen LogP contribution in [0, 0.1) is 13.8 Å². The Balaban J connectivity index is 2.21. The maximum atomic E-state index is 12.3. The summed E-state index contributed by atoms with van der Waals surface area (Å²) >= 11 is 0. The highest BCUT2D eigenvalue weighted by Gasteiger charge is 2.12. The molecule has 1 aromatic carbocycles.